The zero-order chi connectivity index (χ0) is 15.3. The van der Waals surface area contributed by atoms with Crippen molar-refractivity contribution in [1.82, 2.24) is 4.90 Å². The number of aliphatic hydroxyl groups is 1. The fourth-order valence-electron chi connectivity index (χ4n) is 1.55. The number of rotatable bonds is 9. The fourth-order valence-corrected chi connectivity index (χ4v) is 3.69. The Morgan fingerprint density at radius 3 is 1.76 bits per heavy atom. The molecule has 0 aliphatic carbocycles. The number of hydrogen-bond donors (Lipinski definition) is 5. The summed E-state index contributed by atoms with van der Waals surface area (Å²) in [6, 6.07) is 0. The smallest absolute Gasteiger partial charge is 0.412 e. The Kier molecular flexibility index (Phi) is 14.0. The molecule has 12 heteroatoms. The molecule has 9 nitrogen and oxygen atoms in total. The van der Waals surface area contributed by atoms with E-state index >= 15 is 0 Å². The summed E-state index contributed by atoms with van der Waals surface area (Å²) in [6.45, 7) is 2.64. The molecule has 124 valence electrons. The van der Waals surface area contributed by atoms with E-state index in [1.807, 2.05) is 6.92 Å². The molecule has 21 heavy (non-hydrogen) atoms. The van der Waals surface area contributed by atoms with Crippen LogP contribution >= 0.6 is 15.2 Å². The zero-order valence-corrected chi connectivity index (χ0v) is 16.4. The van der Waals surface area contributed by atoms with Gasteiger partial charge in [-0.1, -0.05) is 19.8 Å². The van der Waals surface area contributed by atoms with Crippen LogP contribution in [0.3, 0.4) is 0 Å². The Morgan fingerprint density at radius 1 is 1.00 bits per heavy atom. The van der Waals surface area contributed by atoms with Gasteiger partial charge in [0.25, 0.3) is 5.08 Å². The van der Waals surface area contributed by atoms with E-state index in [0.29, 0.717) is 6.54 Å². The summed E-state index contributed by atoms with van der Waals surface area (Å²) in [6.07, 6.45) is 2.19. The topological polar surface area (TPSA) is 170 Å². The number of hydrogen-bond acceptors (Lipinski definition) is 4. The van der Waals surface area contributed by atoms with Crippen LogP contribution in [0.1, 0.15) is 32.6 Å². The predicted molar refractivity (Wildman–Crippen MR) is 74.3 cm³/mol. The standard InChI is InChI=1S/C9H23NO7P2.Na.H2O/c1-3-4-5-7-10(2)8-6-9(11,18(12,13)14)19(15,16)17;;/h11H,3-8H2,1-2H3,(H2,12,13,14)(H2,15,16,17);;1H2/q;+1;. The van der Waals surface area contributed by atoms with Crippen molar-refractivity contribution < 1.29 is 68.8 Å². The van der Waals surface area contributed by atoms with Crippen LogP contribution in [0.25, 0.3) is 0 Å². The van der Waals surface area contributed by atoms with E-state index in [4.69, 9.17) is 19.6 Å². The molecule has 0 aromatic heterocycles. The second-order valence-electron chi connectivity index (χ2n) is 4.62. The third kappa shape index (κ3) is 8.55. The summed E-state index contributed by atoms with van der Waals surface area (Å²) in [7, 11) is -9.00. The van der Waals surface area contributed by atoms with Crippen molar-refractivity contribution in [3.8, 4) is 0 Å². The minimum Gasteiger partial charge on any atom is -0.412 e. The minimum absolute atomic E-state index is 0. The normalized spacial score (nSPS) is 12.8. The van der Waals surface area contributed by atoms with Gasteiger partial charge in [-0.05, 0) is 20.0 Å². The van der Waals surface area contributed by atoms with E-state index in [1.165, 1.54) is 0 Å². The van der Waals surface area contributed by atoms with Gasteiger partial charge in [0.15, 0.2) is 0 Å². The van der Waals surface area contributed by atoms with Crippen LogP contribution in [-0.2, 0) is 9.13 Å². The Labute approximate surface area is 146 Å². The summed E-state index contributed by atoms with van der Waals surface area (Å²) in [5.74, 6) is 0. The molecule has 0 rings (SSSR count). The van der Waals surface area contributed by atoms with Gasteiger partial charge >= 0.3 is 44.7 Å². The molecule has 0 bridgehead atoms. The van der Waals surface area contributed by atoms with E-state index in [9.17, 15) is 14.2 Å². The molecular formula is C9H25NNaO8P2+. The van der Waals surface area contributed by atoms with Crippen LogP contribution in [-0.4, -0.2) is 60.3 Å². The number of nitrogens with zero attached hydrogens (tertiary/aromatic N) is 1. The SMILES string of the molecule is CCCCCN(C)CCC(O)(P(=O)(O)O)P(=O)(O)O.O.[Na+]. The van der Waals surface area contributed by atoms with E-state index in [2.05, 4.69) is 0 Å². The summed E-state index contributed by atoms with van der Waals surface area (Å²) in [5, 5.41) is 6.35. The third-order valence-corrected chi connectivity index (χ3v) is 6.78. The minimum atomic E-state index is -5.33. The van der Waals surface area contributed by atoms with Gasteiger partial charge < -0.3 is 35.1 Å². The average Bonchev–Trinajstić information content (AvgIpc) is 2.23. The predicted octanol–water partition coefficient (Wildman–Crippen LogP) is -3.32. The molecule has 0 heterocycles. The fraction of sp³-hybridized carbons (Fsp3) is 1.00. The van der Waals surface area contributed by atoms with Gasteiger partial charge in [-0.15, -0.1) is 0 Å². The molecule has 0 saturated carbocycles. The Hall–Kier alpha value is 1.18. The maximum Gasteiger partial charge on any atom is 1.00 e. The second-order valence-corrected chi connectivity index (χ2v) is 8.63. The first kappa shape index (κ1) is 27.0. The monoisotopic (exact) mass is 360 g/mol. The first-order valence-corrected chi connectivity index (χ1v) is 9.20. The van der Waals surface area contributed by atoms with Crippen LogP contribution in [0.15, 0.2) is 0 Å². The molecule has 0 fully saturated rings. The van der Waals surface area contributed by atoms with Gasteiger partial charge in [-0.2, -0.15) is 0 Å². The van der Waals surface area contributed by atoms with Crippen molar-refractivity contribution >= 4 is 15.2 Å². The van der Waals surface area contributed by atoms with Gasteiger partial charge in [0.1, 0.15) is 0 Å². The molecule has 0 aliphatic heterocycles. The van der Waals surface area contributed by atoms with Gasteiger partial charge in [-0.3, -0.25) is 9.13 Å². The van der Waals surface area contributed by atoms with E-state index in [0.717, 1.165) is 19.3 Å². The molecule has 0 unspecified atom stereocenters. The van der Waals surface area contributed by atoms with E-state index in [1.54, 1.807) is 11.9 Å². The summed E-state index contributed by atoms with van der Waals surface area (Å²) < 4.78 is 22.2. The summed E-state index contributed by atoms with van der Waals surface area (Å²) in [4.78, 5) is 37.5. The molecule has 0 aromatic rings. The van der Waals surface area contributed by atoms with Crippen molar-refractivity contribution in [2.24, 2.45) is 0 Å². The number of unbranched alkanes of at least 4 members (excludes halogenated alkanes) is 2. The molecule has 0 aliphatic rings. The molecule has 0 amide bonds. The average molecular weight is 360 g/mol. The third-order valence-electron chi connectivity index (χ3n) is 2.91. The van der Waals surface area contributed by atoms with Crippen LogP contribution in [0.4, 0.5) is 0 Å². The zero-order valence-electron chi connectivity index (χ0n) is 12.6. The Morgan fingerprint density at radius 2 is 1.43 bits per heavy atom. The molecule has 0 atom stereocenters. The summed E-state index contributed by atoms with van der Waals surface area (Å²) in [5.41, 5.74) is 0. The van der Waals surface area contributed by atoms with Crippen molar-refractivity contribution in [3.63, 3.8) is 0 Å². The first-order valence-electron chi connectivity index (χ1n) is 5.98. The van der Waals surface area contributed by atoms with Gasteiger partial charge in [0.2, 0.25) is 0 Å². The largest absolute Gasteiger partial charge is 1.00 e. The van der Waals surface area contributed by atoms with Crippen molar-refractivity contribution in [2.75, 3.05) is 20.1 Å². The Bertz CT molecular complexity index is 349. The van der Waals surface area contributed by atoms with Crippen molar-refractivity contribution in [3.05, 3.63) is 0 Å². The van der Waals surface area contributed by atoms with Crippen molar-refractivity contribution in [2.45, 2.75) is 37.7 Å². The van der Waals surface area contributed by atoms with Gasteiger partial charge in [0.05, 0.1) is 0 Å². The molecule has 7 N–H and O–H groups in total. The van der Waals surface area contributed by atoms with Crippen LogP contribution in [0.5, 0.6) is 0 Å². The van der Waals surface area contributed by atoms with Crippen LogP contribution in [0.2, 0.25) is 0 Å². The van der Waals surface area contributed by atoms with E-state index in [-0.39, 0.29) is 41.6 Å². The maximum absolute atomic E-state index is 11.1. The van der Waals surface area contributed by atoms with Gasteiger partial charge in [0, 0.05) is 13.0 Å². The second kappa shape index (κ2) is 10.9. The maximum atomic E-state index is 11.1. The van der Waals surface area contributed by atoms with Crippen LogP contribution in [0, 0.1) is 0 Å². The molecule has 0 aromatic carbocycles. The summed E-state index contributed by atoms with van der Waals surface area (Å²) >= 11 is 0. The molecule has 0 spiro atoms. The Balaban J connectivity index is -0.00000162. The van der Waals surface area contributed by atoms with E-state index < -0.39 is 26.7 Å². The molecule has 0 saturated heterocycles. The quantitative estimate of drug-likeness (QED) is 0.162. The molecule has 0 radical (unpaired) electrons. The molecular weight excluding hydrogens is 335 g/mol. The first-order chi connectivity index (χ1) is 8.45. The van der Waals surface area contributed by atoms with Crippen molar-refractivity contribution in [1.29, 1.82) is 0 Å². The van der Waals surface area contributed by atoms with Crippen LogP contribution < -0.4 is 29.6 Å². The van der Waals surface area contributed by atoms with Gasteiger partial charge in [-0.25, -0.2) is 0 Å².